The molecule has 3 aromatic rings. The molecule has 0 radical (unpaired) electrons. The van der Waals surface area contributed by atoms with Gasteiger partial charge in [-0.1, -0.05) is 18.2 Å². The van der Waals surface area contributed by atoms with E-state index < -0.39 is 5.97 Å². The number of rotatable bonds is 3. The molecule has 0 aliphatic carbocycles. The Bertz CT molecular complexity index is 762. The molecule has 6 heteroatoms. The Hall–Kier alpha value is -2.47. The summed E-state index contributed by atoms with van der Waals surface area (Å²) in [5.74, 6) is -1.01. The van der Waals surface area contributed by atoms with Crippen LogP contribution in [-0.2, 0) is 0 Å². The van der Waals surface area contributed by atoms with Gasteiger partial charge in [-0.2, -0.15) is 5.10 Å². The molecule has 0 atom stereocenters. The number of hydrogen-bond donors (Lipinski definition) is 1. The van der Waals surface area contributed by atoms with Crippen LogP contribution in [0.25, 0.3) is 16.3 Å². The number of nitrogens with zero attached hydrogens (tertiary/aromatic N) is 3. The van der Waals surface area contributed by atoms with Crippen molar-refractivity contribution in [3.63, 3.8) is 0 Å². The average Bonchev–Trinajstić information content (AvgIpc) is 3.06. The fourth-order valence-corrected chi connectivity index (χ4v) is 2.73. The number of benzene rings is 1. The van der Waals surface area contributed by atoms with Crippen molar-refractivity contribution in [3.8, 4) is 16.3 Å². The molecule has 2 aromatic heterocycles. The summed E-state index contributed by atoms with van der Waals surface area (Å²) in [6, 6.07) is 9.75. The van der Waals surface area contributed by atoms with E-state index in [1.165, 1.54) is 16.7 Å². The van der Waals surface area contributed by atoms with Crippen molar-refractivity contribution in [3.05, 3.63) is 53.3 Å². The van der Waals surface area contributed by atoms with E-state index in [0.29, 0.717) is 5.01 Å². The van der Waals surface area contributed by atoms with Crippen LogP contribution in [0.2, 0.25) is 0 Å². The lowest BCUT2D eigenvalue weighted by Gasteiger charge is -1.98. The van der Waals surface area contributed by atoms with Gasteiger partial charge in [0.25, 0.3) is 0 Å². The highest BCUT2D eigenvalue weighted by atomic mass is 32.1. The van der Waals surface area contributed by atoms with Gasteiger partial charge >= 0.3 is 5.97 Å². The standard InChI is InChI=1S/C14H11N3O2S/c1-9-11(13-15-12(8-20-13)14(18)19)7-17(16-9)10-5-3-2-4-6-10/h2-8H,1H3,(H,18,19). The van der Waals surface area contributed by atoms with Crippen molar-refractivity contribution in [1.29, 1.82) is 0 Å². The highest BCUT2D eigenvalue weighted by Crippen LogP contribution is 2.27. The quantitative estimate of drug-likeness (QED) is 0.803. The van der Waals surface area contributed by atoms with Gasteiger partial charge in [-0.3, -0.25) is 0 Å². The van der Waals surface area contributed by atoms with Gasteiger partial charge in [0.15, 0.2) is 5.69 Å². The number of aromatic nitrogens is 3. The van der Waals surface area contributed by atoms with Crippen LogP contribution in [-0.4, -0.2) is 25.8 Å². The molecule has 3 rings (SSSR count). The highest BCUT2D eigenvalue weighted by Gasteiger charge is 2.14. The lowest BCUT2D eigenvalue weighted by molar-refractivity contribution is 0.0691. The van der Waals surface area contributed by atoms with Crippen molar-refractivity contribution in [2.75, 3.05) is 0 Å². The van der Waals surface area contributed by atoms with Crippen LogP contribution < -0.4 is 0 Å². The van der Waals surface area contributed by atoms with Gasteiger partial charge in [0.05, 0.1) is 16.9 Å². The fraction of sp³-hybridized carbons (Fsp3) is 0.0714. The first-order valence-corrected chi connectivity index (χ1v) is 6.84. The van der Waals surface area contributed by atoms with Crippen molar-refractivity contribution in [1.82, 2.24) is 14.8 Å². The molecule has 0 fully saturated rings. The third-order valence-corrected chi connectivity index (χ3v) is 3.75. The van der Waals surface area contributed by atoms with E-state index in [4.69, 9.17) is 5.11 Å². The van der Waals surface area contributed by atoms with Crippen molar-refractivity contribution in [2.24, 2.45) is 0 Å². The minimum absolute atomic E-state index is 0.0665. The Labute approximate surface area is 119 Å². The molecule has 0 aliphatic heterocycles. The second kappa shape index (κ2) is 4.90. The number of carbonyl (C=O) groups is 1. The Morgan fingerprint density at radius 1 is 1.30 bits per heavy atom. The van der Waals surface area contributed by atoms with Gasteiger partial charge in [-0.15, -0.1) is 11.3 Å². The van der Waals surface area contributed by atoms with Crippen LogP contribution in [0.5, 0.6) is 0 Å². The summed E-state index contributed by atoms with van der Waals surface area (Å²) in [6.07, 6.45) is 1.87. The third kappa shape index (κ3) is 2.21. The zero-order valence-electron chi connectivity index (χ0n) is 10.6. The maximum Gasteiger partial charge on any atom is 0.355 e. The van der Waals surface area contributed by atoms with Gasteiger partial charge < -0.3 is 5.11 Å². The minimum atomic E-state index is -1.01. The van der Waals surface area contributed by atoms with E-state index in [9.17, 15) is 4.79 Å². The molecule has 2 heterocycles. The molecular weight excluding hydrogens is 274 g/mol. The Morgan fingerprint density at radius 2 is 2.05 bits per heavy atom. The van der Waals surface area contributed by atoms with Crippen LogP contribution >= 0.6 is 11.3 Å². The lowest BCUT2D eigenvalue weighted by atomic mass is 10.3. The first kappa shape index (κ1) is 12.6. The molecule has 0 amide bonds. The highest BCUT2D eigenvalue weighted by molar-refractivity contribution is 7.13. The smallest absolute Gasteiger partial charge is 0.355 e. The Balaban J connectivity index is 2.02. The number of carboxylic acids is 1. The van der Waals surface area contributed by atoms with Crippen LogP contribution in [0, 0.1) is 6.92 Å². The number of hydrogen-bond acceptors (Lipinski definition) is 4. The van der Waals surface area contributed by atoms with E-state index in [2.05, 4.69) is 10.1 Å². The number of aryl methyl sites for hydroxylation is 1. The molecule has 0 spiro atoms. The van der Waals surface area contributed by atoms with Crippen molar-refractivity contribution >= 4 is 17.3 Å². The molecular formula is C14H11N3O2S. The maximum atomic E-state index is 10.9. The molecule has 100 valence electrons. The number of thiazole rings is 1. The summed E-state index contributed by atoms with van der Waals surface area (Å²) in [7, 11) is 0. The summed E-state index contributed by atoms with van der Waals surface area (Å²) in [5, 5.41) is 15.6. The fourth-order valence-electron chi connectivity index (χ4n) is 1.88. The van der Waals surface area contributed by atoms with Crippen molar-refractivity contribution in [2.45, 2.75) is 6.92 Å². The SMILES string of the molecule is Cc1nn(-c2ccccc2)cc1-c1nc(C(=O)O)cs1. The zero-order valence-corrected chi connectivity index (χ0v) is 11.5. The van der Waals surface area contributed by atoms with Crippen LogP contribution in [0.1, 0.15) is 16.2 Å². The van der Waals surface area contributed by atoms with Gasteiger partial charge in [0.2, 0.25) is 0 Å². The average molecular weight is 285 g/mol. The summed E-state index contributed by atoms with van der Waals surface area (Å²) in [5.41, 5.74) is 2.69. The lowest BCUT2D eigenvalue weighted by Crippen LogP contribution is -1.95. The topological polar surface area (TPSA) is 68.0 Å². The van der Waals surface area contributed by atoms with Gasteiger partial charge in [0, 0.05) is 11.6 Å². The molecule has 0 saturated heterocycles. The van der Waals surface area contributed by atoms with Crippen LogP contribution in [0.15, 0.2) is 41.9 Å². The number of aromatic carboxylic acids is 1. The molecule has 1 N–H and O–H groups in total. The number of para-hydroxylation sites is 1. The second-order valence-electron chi connectivity index (χ2n) is 4.25. The first-order chi connectivity index (χ1) is 9.65. The van der Waals surface area contributed by atoms with E-state index in [0.717, 1.165) is 16.9 Å². The van der Waals surface area contributed by atoms with Crippen LogP contribution in [0.3, 0.4) is 0 Å². The summed E-state index contributed by atoms with van der Waals surface area (Å²) < 4.78 is 1.77. The van der Waals surface area contributed by atoms with Gasteiger partial charge in [-0.25, -0.2) is 14.5 Å². The molecule has 0 unspecified atom stereocenters. The Kier molecular flexibility index (Phi) is 3.08. The predicted octanol–water partition coefficient (Wildman–Crippen LogP) is 3.00. The second-order valence-corrected chi connectivity index (χ2v) is 5.11. The van der Waals surface area contributed by atoms with Crippen LogP contribution in [0.4, 0.5) is 0 Å². The monoisotopic (exact) mass is 285 g/mol. The van der Waals surface area contributed by atoms with Crippen molar-refractivity contribution < 1.29 is 9.90 Å². The summed E-state index contributed by atoms with van der Waals surface area (Å²) >= 11 is 1.31. The van der Waals surface area contributed by atoms with Gasteiger partial charge in [-0.05, 0) is 19.1 Å². The molecule has 0 saturated carbocycles. The van der Waals surface area contributed by atoms with E-state index in [1.807, 2.05) is 43.5 Å². The molecule has 1 aromatic carbocycles. The third-order valence-electron chi connectivity index (χ3n) is 2.87. The zero-order chi connectivity index (χ0) is 14.1. The molecule has 20 heavy (non-hydrogen) atoms. The first-order valence-electron chi connectivity index (χ1n) is 5.96. The maximum absolute atomic E-state index is 10.9. The molecule has 5 nitrogen and oxygen atoms in total. The summed E-state index contributed by atoms with van der Waals surface area (Å²) in [6.45, 7) is 1.89. The largest absolute Gasteiger partial charge is 0.476 e. The predicted molar refractivity (Wildman–Crippen MR) is 76.4 cm³/mol. The minimum Gasteiger partial charge on any atom is -0.476 e. The molecule has 0 bridgehead atoms. The number of carboxylic acid groups (broad SMARTS) is 1. The molecule has 0 aliphatic rings. The van der Waals surface area contributed by atoms with E-state index in [1.54, 1.807) is 4.68 Å². The van der Waals surface area contributed by atoms with Gasteiger partial charge in [0.1, 0.15) is 5.01 Å². The van der Waals surface area contributed by atoms with E-state index >= 15 is 0 Å². The normalized spacial score (nSPS) is 10.7. The summed E-state index contributed by atoms with van der Waals surface area (Å²) in [4.78, 5) is 15.0. The van der Waals surface area contributed by atoms with E-state index in [-0.39, 0.29) is 5.69 Å². The Morgan fingerprint density at radius 3 is 2.70 bits per heavy atom.